The summed E-state index contributed by atoms with van der Waals surface area (Å²) in [5.74, 6) is -1.29. The van der Waals surface area contributed by atoms with Crippen LogP contribution in [0.3, 0.4) is 0 Å². The van der Waals surface area contributed by atoms with Gasteiger partial charge in [0.05, 0.1) is 4.24 Å². The largest absolute Gasteiger partial charge is 0.510 e. The van der Waals surface area contributed by atoms with Gasteiger partial charge in [-0.1, -0.05) is 46.6 Å². The molecule has 33 heavy (non-hydrogen) atoms. The summed E-state index contributed by atoms with van der Waals surface area (Å²) in [6, 6.07) is 3.16. The van der Waals surface area contributed by atoms with Gasteiger partial charge >= 0.3 is 12.1 Å². The van der Waals surface area contributed by atoms with E-state index in [-0.39, 0.29) is 11.4 Å². The van der Waals surface area contributed by atoms with Gasteiger partial charge in [0.2, 0.25) is 11.5 Å². The predicted molar refractivity (Wildman–Crippen MR) is 128 cm³/mol. The minimum Gasteiger partial charge on any atom is -0.505 e. The highest BCUT2D eigenvalue weighted by Crippen LogP contribution is 2.54. The number of halogens is 3. The van der Waals surface area contributed by atoms with E-state index in [0.717, 1.165) is 0 Å². The van der Waals surface area contributed by atoms with E-state index in [4.69, 9.17) is 44.3 Å². The molecule has 15 heteroatoms. The van der Waals surface area contributed by atoms with Gasteiger partial charge in [-0.3, -0.25) is 9.69 Å². The molecule has 180 valence electrons. The molecular weight excluding hydrogens is 559 g/mol. The van der Waals surface area contributed by atoms with Crippen LogP contribution in [0, 0.1) is 5.92 Å². The summed E-state index contributed by atoms with van der Waals surface area (Å²) in [5.41, 5.74) is -1.42. The molecule has 3 rings (SSSR count). The van der Waals surface area contributed by atoms with E-state index < -0.39 is 45.8 Å². The highest BCUT2D eigenvalue weighted by atomic mass is 35.5. The Morgan fingerprint density at radius 3 is 2.61 bits per heavy atom. The molecule has 2 aliphatic heterocycles. The Morgan fingerprint density at radius 2 is 1.97 bits per heavy atom. The number of carbonyl (C=O) groups is 3. The van der Waals surface area contributed by atoms with Gasteiger partial charge in [-0.15, -0.1) is 23.5 Å². The number of fused-ring (bicyclic) bond motifs is 1. The molecule has 1 aromatic heterocycles. The Bertz CT molecular complexity index is 968. The summed E-state index contributed by atoms with van der Waals surface area (Å²) in [6.45, 7) is 1.51. The SMILES string of the molecule is CC(OC(=O)OC(Cl)C(Cl)Cl)[C@H]1C(=O)N2C(C(=O)O)=C(SCCSc3ncccc3O)S[C@H]12. The van der Waals surface area contributed by atoms with Gasteiger partial charge in [0.15, 0.2) is 10.5 Å². The first-order valence-electron chi connectivity index (χ1n) is 9.28. The minimum atomic E-state index is -1.32. The number of carboxylic acid groups (broad SMARTS) is 1. The first-order chi connectivity index (χ1) is 15.6. The molecule has 2 aliphatic rings. The molecule has 0 saturated carbocycles. The number of carbonyl (C=O) groups excluding carboxylic acids is 2. The fraction of sp³-hybridized carbons (Fsp3) is 0.444. The molecule has 1 fully saturated rings. The summed E-state index contributed by atoms with van der Waals surface area (Å²) in [4.78, 5) is 40.5. The molecule has 0 aromatic carbocycles. The number of carboxylic acids is 1. The second kappa shape index (κ2) is 11.5. The molecule has 9 nitrogen and oxygen atoms in total. The molecule has 0 aliphatic carbocycles. The van der Waals surface area contributed by atoms with Crippen LogP contribution in [0.5, 0.6) is 5.75 Å². The summed E-state index contributed by atoms with van der Waals surface area (Å²) < 4.78 is 10.3. The molecule has 3 heterocycles. The highest BCUT2D eigenvalue weighted by Gasteiger charge is 2.59. The first kappa shape index (κ1) is 26.4. The number of hydrogen-bond donors (Lipinski definition) is 2. The van der Waals surface area contributed by atoms with Crippen LogP contribution in [0.25, 0.3) is 0 Å². The zero-order valence-corrected chi connectivity index (χ0v) is 21.4. The van der Waals surface area contributed by atoms with Crippen molar-refractivity contribution in [1.29, 1.82) is 0 Å². The molecule has 0 spiro atoms. The van der Waals surface area contributed by atoms with Crippen molar-refractivity contribution < 1.29 is 34.1 Å². The van der Waals surface area contributed by atoms with Gasteiger partial charge < -0.3 is 19.7 Å². The lowest BCUT2D eigenvalue weighted by atomic mass is 9.92. The van der Waals surface area contributed by atoms with Gasteiger partial charge in [0.25, 0.3) is 0 Å². The van der Waals surface area contributed by atoms with Gasteiger partial charge in [0, 0.05) is 17.7 Å². The number of aliphatic carboxylic acids is 1. The molecule has 1 amide bonds. The van der Waals surface area contributed by atoms with Gasteiger partial charge in [-0.2, -0.15) is 0 Å². The Hall–Kier alpha value is -1.18. The van der Waals surface area contributed by atoms with Crippen molar-refractivity contribution >= 4 is 88.1 Å². The quantitative estimate of drug-likeness (QED) is 0.136. The van der Waals surface area contributed by atoms with Gasteiger partial charge in [-0.05, 0) is 19.1 Å². The average Bonchev–Trinajstić information content (AvgIpc) is 3.06. The normalized spacial score (nSPS) is 21.5. The molecule has 0 radical (unpaired) electrons. The number of ether oxygens (including phenoxy) is 2. The van der Waals surface area contributed by atoms with Crippen LogP contribution in [-0.4, -0.2) is 71.5 Å². The van der Waals surface area contributed by atoms with Crippen LogP contribution in [0.1, 0.15) is 6.92 Å². The topological polar surface area (TPSA) is 126 Å². The minimum absolute atomic E-state index is 0.0754. The Kier molecular flexibility index (Phi) is 9.21. The van der Waals surface area contributed by atoms with Crippen LogP contribution in [-0.2, 0) is 19.1 Å². The highest BCUT2D eigenvalue weighted by molar-refractivity contribution is 8.23. The van der Waals surface area contributed by atoms with Crippen molar-refractivity contribution in [2.45, 2.75) is 33.8 Å². The molecular formula is C18H17Cl3N2O7S3. The maximum absolute atomic E-state index is 12.7. The Morgan fingerprint density at radius 1 is 1.27 bits per heavy atom. The number of alkyl halides is 3. The number of amides is 1. The van der Waals surface area contributed by atoms with E-state index in [2.05, 4.69) is 4.98 Å². The number of pyridine rings is 1. The van der Waals surface area contributed by atoms with Crippen molar-refractivity contribution in [3.05, 3.63) is 28.3 Å². The number of aromatic nitrogens is 1. The lowest BCUT2D eigenvalue weighted by Crippen LogP contribution is -2.61. The summed E-state index contributed by atoms with van der Waals surface area (Å²) in [6.07, 6.45) is -0.465. The van der Waals surface area contributed by atoms with Crippen LogP contribution >= 0.6 is 70.1 Å². The van der Waals surface area contributed by atoms with Crippen LogP contribution in [0.15, 0.2) is 33.3 Å². The second-order valence-corrected chi connectivity index (χ2v) is 11.8. The van der Waals surface area contributed by atoms with Gasteiger partial charge in [-0.25, -0.2) is 14.6 Å². The molecule has 2 N–H and O–H groups in total. The monoisotopic (exact) mass is 574 g/mol. The van der Waals surface area contributed by atoms with Gasteiger partial charge in [0.1, 0.15) is 28.2 Å². The van der Waals surface area contributed by atoms with Crippen LogP contribution in [0.4, 0.5) is 4.79 Å². The number of aromatic hydroxyl groups is 1. The van der Waals surface area contributed by atoms with E-state index in [9.17, 15) is 24.6 Å². The summed E-state index contributed by atoms with van der Waals surface area (Å²) in [7, 11) is 0. The maximum Gasteiger partial charge on any atom is 0.510 e. The van der Waals surface area contributed by atoms with E-state index in [0.29, 0.717) is 20.8 Å². The third-order valence-electron chi connectivity index (χ3n) is 4.45. The third-order valence-corrected chi connectivity index (χ3v) is 9.42. The number of thioether (sulfide) groups is 3. The van der Waals surface area contributed by atoms with E-state index in [1.165, 1.54) is 53.2 Å². The zero-order valence-electron chi connectivity index (χ0n) is 16.7. The summed E-state index contributed by atoms with van der Waals surface area (Å²) >= 11 is 20.5. The number of rotatable bonds is 10. The van der Waals surface area contributed by atoms with Crippen molar-refractivity contribution in [3.8, 4) is 5.75 Å². The van der Waals surface area contributed by atoms with Crippen molar-refractivity contribution in [3.63, 3.8) is 0 Å². The molecule has 1 aromatic rings. The zero-order chi connectivity index (χ0) is 24.3. The summed E-state index contributed by atoms with van der Waals surface area (Å²) in [5, 5.41) is 19.4. The number of β-lactam (4-membered cyclic amide) rings is 1. The molecule has 1 saturated heterocycles. The van der Waals surface area contributed by atoms with Crippen LogP contribution < -0.4 is 0 Å². The molecule has 4 atom stereocenters. The van der Waals surface area contributed by atoms with E-state index in [1.807, 2.05) is 0 Å². The number of hydrogen-bond acceptors (Lipinski definition) is 10. The molecule has 2 unspecified atom stereocenters. The van der Waals surface area contributed by atoms with Crippen molar-refractivity contribution in [1.82, 2.24) is 9.88 Å². The third kappa shape index (κ3) is 6.09. The maximum atomic E-state index is 12.7. The van der Waals surface area contributed by atoms with E-state index >= 15 is 0 Å². The average molecular weight is 576 g/mol. The standard InChI is InChI=1S/C18H17Cl3N2O7S3/c1-7(29-18(28)30-12(21)11(19)20)9-14(25)23-10(16(26)27)17(33-15(9)23)32-6-5-31-13-8(24)3-2-4-22-13/h2-4,7,9,11-12,15,24H,5-6H2,1H3,(H,26,27)/t7?,9-,12?,15+/m0/s1. The van der Waals surface area contributed by atoms with Crippen molar-refractivity contribution in [2.75, 3.05) is 11.5 Å². The number of nitrogens with zero attached hydrogens (tertiary/aromatic N) is 2. The fourth-order valence-electron chi connectivity index (χ4n) is 3.00. The van der Waals surface area contributed by atoms with Crippen LogP contribution in [0.2, 0.25) is 0 Å². The van der Waals surface area contributed by atoms with Crippen molar-refractivity contribution in [2.24, 2.45) is 5.92 Å². The fourth-order valence-corrected chi connectivity index (χ4v) is 7.03. The predicted octanol–water partition coefficient (Wildman–Crippen LogP) is 4.31. The first-order valence-corrected chi connectivity index (χ1v) is 13.4. The lowest BCUT2D eigenvalue weighted by Gasteiger charge is -2.44. The smallest absolute Gasteiger partial charge is 0.505 e. The Labute approximate surface area is 216 Å². The second-order valence-electron chi connectivity index (χ2n) is 6.58. The lowest BCUT2D eigenvalue weighted by molar-refractivity contribution is -0.157. The van der Waals surface area contributed by atoms with E-state index in [1.54, 1.807) is 12.3 Å². The Balaban J connectivity index is 1.57. The molecule has 0 bridgehead atoms.